The predicted octanol–water partition coefficient (Wildman–Crippen LogP) is 2.65. The van der Waals surface area contributed by atoms with Crippen molar-refractivity contribution in [1.82, 2.24) is 4.90 Å². The van der Waals surface area contributed by atoms with Gasteiger partial charge in [-0.1, -0.05) is 18.9 Å². The highest BCUT2D eigenvalue weighted by Crippen LogP contribution is 2.29. The average molecular weight is 224 g/mol. The van der Waals surface area contributed by atoms with Crippen LogP contribution in [0.15, 0.2) is 12.7 Å². The minimum absolute atomic E-state index is 0.774. The fourth-order valence-electron chi connectivity index (χ4n) is 2.83. The first kappa shape index (κ1) is 13.7. The van der Waals surface area contributed by atoms with E-state index in [0.717, 1.165) is 24.8 Å². The van der Waals surface area contributed by atoms with Gasteiger partial charge in [-0.2, -0.15) is 0 Å². The molecule has 1 rings (SSSR count). The van der Waals surface area contributed by atoms with E-state index in [1.165, 1.54) is 45.2 Å². The zero-order valence-electron chi connectivity index (χ0n) is 10.8. The normalized spacial score (nSPS) is 25.9. The van der Waals surface area contributed by atoms with Crippen LogP contribution in [0.4, 0.5) is 0 Å². The lowest BCUT2D eigenvalue weighted by Gasteiger charge is -2.33. The molecule has 0 spiro atoms. The topological polar surface area (TPSA) is 29.3 Å². The summed E-state index contributed by atoms with van der Waals surface area (Å²) in [4.78, 5) is 2.47. The molecule has 0 heterocycles. The van der Waals surface area contributed by atoms with Gasteiger partial charge in [0, 0.05) is 6.54 Å². The van der Waals surface area contributed by atoms with Gasteiger partial charge in [0.25, 0.3) is 0 Å². The summed E-state index contributed by atoms with van der Waals surface area (Å²) in [5, 5.41) is 0. The minimum Gasteiger partial charge on any atom is -0.330 e. The summed E-state index contributed by atoms with van der Waals surface area (Å²) in [6, 6.07) is 0. The second-order valence-electron chi connectivity index (χ2n) is 5.23. The van der Waals surface area contributed by atoms with Crippen molar-refractivity contribution < 1.29 is 0 Å². The molecule has 1 aliphatic rings. The number of nitrogens with two attached hydrogens (primary N) is 1. The molecule has 0 aliphatic heterocycles. The van der Waals surface area contributed by atoms with Crippen molar-refractivity contribution in [2.75, 3.05) is 26.7 Å². The van der Waals surface area contributed by atoms with Crippen molar-refractivity contribution >= 4 is 0 Å². The van der Waals surface area contributed by atoms with Gasteiger partial charge in [-0.25, -0.2) is 0 Å². The maximum absolute atomic E-state index is 5.86. The summed E-state index contributed by atoms with van der Waals surface area (Å²) in [6.45, 7) is 7.07. The van der Waals surface area contributed by atoms with E-state index in [1.807, 2.05) is 6.08 Å². The highest BCUT2D eigenvalue weighted by Gasteiger charge is 2.24. The quantitative estimate of drug-likeness (QED) is 0.532. The summed E-state index contributed by atoms with van der Waals surface area (Å²) in [7, 11) is 2.24. The monoisotopic (exact) mass is 224 g/mol. The molecule has 1 saturated carbocycles. The third kappa shape index (κ3) is 4.67. The van der Waals surface area contributed by atoms with Gasteiger partial charge in [0.15, 0.2) is 0 Å². The Hall–Kier alpha value is -0.340. The van der Waals surface area contributed by atoms with Crippen molar-refractivity contribution in [3.63, 3.8) is 0 Å². The van der Waals surface area contributed by atoms with Crippen molar-refractivity contribution in [3.8, 4) is 0 Å². The fraction of sp³-hybridized carbons (Fsp3) is 0.857. The Labute approximate surface area is 101 Å². The Morgan fingerprint density at radius 2 is 2.00 bits per heavy atom. The van der Waals surface area contributed by atoms with Crippen LogP contribution in [0.1, 0.15) is 38.5 Å². The molecule has 0 saturated heterocycles. The van der Waals surface area contributed by atoms with Gasteiger partial charge < -0.3 is 10.6 Å². The second-order valence-corrected chi connectivity index (χ2v) is 5.23. The standard InChI is InChI=1S/C14H28N2/c1-3-4-7-10-16(2)12-14-9-6-5-8-13(14)11-15/h3,13-14H,1,4-12,15H2,2H3. The molecule has 0 radical (unpaired) electrons. The van der Waals surface area contributed by atoms with E-state index in [-0.39, 0.29) is 0 Å². The highest BCUT2D eigenvalue weighted by molar-refractivity contribution is 4.78. The number of hydrogen-bond acceptors (Lipinski definition) is 2. The molecule has 0 aromatic carbocycles. The summed E-state index contributed by atoms with van der Waals surface area (Å²) < 4.78 is 0. The molecule has 2 atom stereocenters. The van der Waals surface area contributed by atoms with Gasteiger partial charge in [0.2, 0.25) is 0 Å². The fourth-order valence-corrected chi connectivity index (χ4v) is 2.83. The average Bonchev–Trinajstić information content (AvgIpc) is 2.30. The maximum atomic E-state index is 5.86. The van der Waals surface area contributed by atoms with Crippen molar-refractivity contribution in [2.45, 2.75) is 38.5 Å². The molecular formula is C14H28N2. The van der Waals surface area contributed by atoms with Gasteiger partial charge in [-0.3, -0.25) is 0 Å². The van der Waals surface area contributed by atoms with Crippen LogP contribution in [0.5, 0.6) is 0 Å². The zero-order chi connectivity index (χ0) is 11.8. The van der Waals surface area contributed by atoms with Crippen LogP contribution in [0, 0.1) is 11.8 Å². The van der Waals surface area contributed by atoms with Crippen LogP contribution in [0.3, 0.4) is 0 Å². The highest BCUT2D eigenvalue weighted by atomic mass is 15.1. The number of rotatable bonds is 7. The Morgan fingerprint density at radius 1 is 1.31 bits per heavy atom. The van der Waals surface area contributed by atoms with E-state index in [9.17, 15) is 0 Å². The molecular weight excluding hydrogens is 196 g/mol. The lowest BCUT2D eigenvalue weighted by Crippen LogP contribution is -2.35. The van der Waals surface area contributed by atoms with Crippen LogP contribution >= 0.6 is 0 Å². The molecule has 1 aliphatic carbocycles. The largest absolute Gasteiger partial charge is 0.330 e. The van der Waals surface area contributed by atoms with E-state index in [0.29, 0.717) is 0 Å². The Morgan fingerprint density at radius 3 is 2.62 bits per heavy atom. The maximum Gasteiger partial charge on any atom is 0.000973 e. The SMILES string of the molecule is C=CCCCN(C)CC1CCCCC1CN. The minimum atomic E-state index is 0.774. The number of unbranched alkanes of at least 4 members (excludes halogenated alkanes) is 1. The van der Waals surface area contributed by atoms with Crippen LogP contribution in [-0.2, 0) is 0 Å². The predicted molar refractivity (Wildman–Crippen MR) is 71.4 cm³/mol. The summed E-state index contributed by atoms with van der Waals surface area (Å²) in [5.74, 6) is 1.61. The zero-order valence-corrected chi connectivity index (χ0v) is 10.8. The van der Waals surface area contributed by atoms with E-state index >= 15 is 0 Å². The summed E-state index contributed by atoms with van der Waals surface area (Å²) in [5.41, 5.74) is 5.86. The smallest absolute Gasteiger partial charge is 0.000973 e. The molecule has 2 nitrogen and oxygen atoms in total. The van der Waals surface area contributed by atoms with Crippen LogP contribution < -0.4 is 5.73 Å². The van der Waals surface area contributed by atoms with Crippen molar-refractivity contribution in [3.05, 3.63) is 12.7 Å². The third-order valence-corrected chi connectivity index (χ3v) is 3.86. The van der Waals surface area contributed by atoms with Crippen LogP contribution in [-0.4, -0.2) is 31.6 Å². The molecule has 0 aromatic rings. The Kier molecular flexibility index (Phi) is 6.74. The van der Waals surface area contributed by atoms with Crippen molar-refractivity contribution in [1.29, 1.82) is 0 Å². The first-order valence-electron chi connectivity index (χ1n) is 6.77. The van der Waals surface area contributed by atoms with E-state index in [4.69, 9.17) is 5.73 Å². The first-order chi connectivity index (χ1) is 7.77. The number of allylic oxidation sites excluding steroid dienone is 1. The molecule has 2 heteroatoms. The molecule has 2 unspecified atom stereocenters. The third-order valence-electron chi connectivity index (χ3n) is 3.86. The molecule has 0 aromatic heterocycles. The van der Waals surface area contributed by atoms with Crippen LogP contribution in [0.2, 0.25) is 0 Å². The lowest BCUT2D eigenvalue weighted by atomic mass is 9.79. The first-order valence-corrected chi connectivity index (χ1v) is 6.77. The van der Waals surface area contributed by atoms with Gasteiger partial charge in [-0.15, -0.1) is 6.58 Å². The number of nitrogens with zero attached hydrogens (tertiary/aromatic N) is 1. The molecule has 0 bridgehead atoms. The van der Waals surface area contributed by atoms with E-state index in [1.54, 1.807) is 0 Å². The molecule has 2 N–H and O–H groups in total. The summed E-state index contributed by atoms with van der Waals surface area (Å²) in [6.07, 6.45) is 9.90. The lowest BCUT2D eigenvalue weighted by molar-refractivity contribution is 0.173. The number of hydrogen-bond donors (Lipinski definition) is 1. The van der Waals surface area contributed by atoms with E-state index < -0.39 is 0 Å². The molecule has 0 amide bonds. The summed E-state index contributed by atoms with van der Waals surface area (Å²) >= 11 is 0. The Bertz CT molecular complexity index is 191. The van der Waals surface area contributed by atoms with Crippen LogP contribution in [0.25, 0.3) is 0 Å². The Balaban J connectivity index is 2.24. The molecule has 1 fully saturated rings. The second kappa shape index (κ2) is 7.86. The van der Waals surface area contributed by atoms with Gasteiger partial charge >= 0.3 is 0 Å². The molecule has 94 valence electrons. The van der Waals surface area contributed by atoms with Crippen molar-refractivity contribution in [2.24, 2.45) is 17.6 Å². The molecule has 16 heavy (non-hydrogen) atoms. The van der Waals surface area contributed by atoms with E-state index in [2.05, 4.69) is 18.5 Å². The van der Waals surface area contributed by atoms with Gasteiger partial charge in [-0.05, 0) is 57.7 Å². The van der Waals surface area contributed by atoms with Gasteiger partial charge in [0.05, 0.1) is 0 Å². The van der Waals surface area contributed by atoms with Gasteiger partial charge in [0.1, 0.15) is 0 Å².